The Morgan fingerprint density at radius 1 is 1.14 bits per heavy atom. The first-order valence-corrected chi connectivity index (χ1v) is 14.7. The number of anilines is 4. The van der Waals surface area contributed by atoms with Gasteiger partial charge in [-0.15, -0.1) is 0 Å². The molecule has 13 nitrogen and oxygen atoms in total. The molecule has 13 heteroatoms. The van der Waals surface area contributed by atoms with Crippen LogP contribution in [0.4, 0.5) is 27.9 Å². The lowest BCUT2D eigenvalue weighted by molar-refractivity contribution is -0.138. The lowest BCUT2D eigenvalue weighted by atomic mass is 9.92. The van der Waals surface area contributed by atoms with E-state index in [0.29, 0.717) is 35.3 Å². The molecule has 1 atom stereocenters. The van der Waals surface area contributed by atoms with E-state index in [4.69, 9.17) is 14.5 Å². The zero-order valence-electron chi connectivity index (χ0n) is 24.1. The second-order valence-corrected chi connectivity index (χ2v) is 10.9. The van der Waals surface area contributed by atoms with E-state index in [0.717, 1.165) is 68.2 Å². The molecule has 6 rings (SSSR count). The van der Waals surface area contributed by atoms with E-state index < -0.39 is 18.0 Å². The van der Waals surface area contributed by atoms with Crippen molar-refractivity contribution in [2.24, 2.45) is 0 Å². The molecule has 3 aromatic rings. The van der Waals surface area contributed by atoms with Crippen LogP contribution in [-0.4, -0.2) is 71.1 Å². The third-order valence-electron chi connectivity index (χ3n) is 8.11. The van der Waals surface area contributed by atoms with Gasteiger partial charge in [-0.05, 0) is 55.9 Å². The summed E-state index contributed by atoms with van der Waals surface area (Å²) in [5, 5.41) is 21.5. The van der Waals surface area contributed by atoms with Crippen molar-refractivity contribution in [3.8, 4) is 11.5 Å². The van der Waals surface area contributed by atoms with Crippen molar-refractivity contribution < 1.29 is 24.2 Å². The van der Waals surface area contributed by atoms with Gasteiger partial charge in [0.05, 0.1) is 0 Å². The molecule has 0 bridgehead atoms. The van der Waals surface area contributed by atoms with Crippen LogP contribution in [0.25, 0.3) is 0 Å². The molecular weight excluding hydrogens is 552 g/mol. The van der Waals surface area contributed by atoms with Gasteiger partial charge in [0.2, 0.25) is 6.79 Å². The monoisotopic (exact) mass is 588 g/mol. The quantitative estimate of drug-likeness (QED) is 0.248. The lowest BCUT2D eigenvalue weighted by Gasteiger charge is -2.34. The second-order valence-electron chi connectivity index (χ2n) is 10.9. The minimum Gasteiger partial charge on any atom is -0.480 e. The summed E-state index contributed by atoms with van der Waals surface area (Å²) < 4.78 is 10.6. The van der Waals surface area contributed by atoms with Crippen LogP contribution in [0.5, 0.6) is 11.5 Å². The summed E-state index contributed by atoms with van der Waals surface area (Å²) in [7, 11) is 0. The number of aromatic nitrogens is 3. The number of amides is 2. The van der Waals surface area contributed by atoms with Gasteiger partial charge in [0, 0.05) is 55.1 Å². The number of nitrogens with one attached hydrogen (secondary N) is 4. The van der Waals surface area contributed by atoms with E-state index in [9.17, 15) is 14.7 Å². The van der Waals surface area contributed by atoms with E-state index in [1.807, 2.05) is 6.92 Å². The van der Waals surface area contributed by atoms with Gasteiger partial charge < -0.3 is 40.7 Å². The number of carboxylic acid groups (broad SMARTS) is 1. The Bertz CT molecular complexity index is 1490. The van der Waals surface area contributed by atoms with Crippen molar-refractivity contribution in [1.29, 1.82) is 0 Å². The number of aliphatic carboxylic acids is 1. The number of carboxylic acids is 1. The summed E-state index contributed by atoms with van der Waals surface area (Å²) in [4.78, 5) is 40.8. The molecule has 2 aromatic heterocycles. The Hall–Kier alpha value is -4.81. The Morgan fingerprint density at radius 3 is 2.79 bits per heavy atom. The number of benzene rings is 1. The lowest BCUT2D eigenvalue weighted by Crippen LogP contribution is -2.47. The number of fused-ring (bicyclic) bond motifs is 2. The maximum atomic E-state index is 12.6. The third-order valence-corrected chi connectivity index (χ3v) is 8.11. The number of ether oxygens (including phenoxy) is 2. The molecular formula is C30H36N8O5. The number of urea groups is 1. The Balaban J connectivity index is 1.07. The molecule has 0 aliphatic carbocycles. The van der Waals surface area contributed by atoms with E-state index in [1.165, 1.54) is 11.9 Å². The first-order valence-electron chi connectivity index (χ1n) is 14.7. The molecule has 226 valence electrons. The molecule has 5 heterocycles. The van der Waals surface area contributed by atoms with Gasteiger partial charge in [0.1, 0.15) is 29.8 Å². The van der Waals surface area contributed by atoms with Gasteiger partial charge in [0.15, 0.2) is 11.5 Å². The Labute approximate surface area is 249 Å². The first-order chi connectivity index (χ1) is 21.0. The molecule has 0 saturated carbocycles. The van der Waals surface area contributed by atoms with Gasteiger partial charge >= 0.3 is 12.0 Å². The van der Waals surface area contributed by atoms with Crippen molar-refractivity contribution >= 4 is 35.1 Å². The van der Waals surface area contributed by atoms with E-state index in [-0.39, 0.29) is 13.3 Å². The normalized spacial score (nSPS) is 16.5. The number of hydrogen-bond donors (Lipinski definition) is 5. The molecule has 3 aliphatic rings. The smallest absolute Gasteiger partial charge is 0.328 e. The van der Waals surface area contributed by atoms with Gasteiger partial charge in [-0.25, -0.2) is 24.5 Å². The number of nitrogens with zero attached hydrogens (tertiary/aromatic N) is 4. The fourth-order valence-electron chi connectivity index (χ4n) is 5.81. The van der Waals surface area contributed by atoms with E-state index >= 15 is 0 Å². The molecule has 0 spiro atoms. The highest BCUT2D eigenvalue weighted by atomic mass is 16.7. The van der Waals surface area contributed by atoms with Crippen LogP contribution < -0.4 is 35.6 Å². The largest absolute Gasteiger partial charge is 0.480 e. The molecule has 3 aliphatic heterocycles. The summed E-state index contributed by atoms with van der Waals surface area (Å²) >= 11 is 0. The van der Waals surface area contributed by atoms with Crippen LogP contribution in [-0.2, 0) is 17.6 Å². The third kappa shape index (κ3) is 6.35. The minimum absolute atomic E-state index is 0.0621. The summed E-state index contributed by atoms with van der Waals surface area (Å²) in [5.74, 6) is 2.75. The van der Waals surface area contributed by atoms with Crippen molar-refractivity contribution in [3.05, 3.63) is 53.5 Å². The van der Waals surface area contributed by atoms with Crippen molar-refractivity contribution in [3.63, 3.8) is 0 Å². The average molecular weight is 589 g/mol. The summed E-state index contributed by atoms with van der Waals surface area (Å²) in [6.45, 7) is 4.72. The number of piperidine rings is 1. The first kappa shape index (κ1) is 28.3. The minimum atomic E-state index is -1.20. The van der Waals surface area contributed by atoms with Crippen LogP contribution in [0.1, 0.15) is 48.9 Å². The van der Waals surface area contributed by atoms with Gasteiger partial charge in [0.25, 0.3) is 0 Å². The van der Waals surface area contributed by atoms with Crippen LogP contribution in [0.3, 0.4) is 0 Å². The summed E-state index contributed by atoms with van der Waals surface area (Å²) in [6, 6.07) is 7.49. The fraction of sp³-hybridized carbons (Fsp3) is 0.433. The highest BCUT2D eigenvalue weighted by Crippen LogP contribution is 2.35. The van der Waals surface area contributed by atoms with Crippen molar-refractivity contribution in [1.82, 2.24) is 20.3 Å². The zero-order valence-corrected chi connectivity index (χ0v) is 24.1. The maximum Gasteiger partial charge on any atom is 0.328 e. The topological polar surface area (TPSA) is 163 Å². The number of hydrogen-bond acceptors (Lipinski definition) is 10. The van der Waals surface area contributed by atoms with Gasteiger partial charge in [-0.2, -0.15) is 0 Å². The Morgan fingerprint density at radius 2 is 1.98 bits per heavy atom. The van der Waals surface area contributed by atoms with Gasteiger partial charge in [-0.3, -0.25) is 0 Å². The van der Waals surface area contributed by atoms with Crippen LogP contribution in [0, 0.1) is 0 Å². The molecule has 2 amide bonds. The van der Waals surface area contributed by atoms with E-state index in [1.54, 1.807) is 18.2 Å². The van der Waals surface area contributed by atoms with Crippen LogP contribution >= 0.6 is 0 Å². The molecule has 1 aromatic carbocycles. The van der Waals surface area contributed by atoms with Crippen molar-refractivity contribution in [2.75, 3.05) is 53.8 Å². The standard InChI is InChI=1S/C30H36N8O5/c1-2-21-27(32-15-23(29(39)40)37-30(41)35-20-6-8-24-25(14-20)43-17-42-24)33-16-34-28(21)38-12-9-18(10-13-38)22-7-5-19-4-3-11-31-26(19)36-22/h5-8,14,16,18,23H,2-4,9-13,15,17H2,1H3,(H,31,36)(H,39,40)(H,32,33,34)(H2,35,37,41). The highest BCUT2D eigenvalue weighted by molar-refractivity contribution is 5.92. The average Bonchev–Trinajstić information content (AvgIpc) is 3.50. The molecule has 5 N–H and O–H groups in total. The number of aryl methyl sites for hydroxylation is 1. The van der Waals surface area contributed by atoms with Crippen LogP contribution in [0.2, 0.25) is 0 Å². The molecule has 0 radical (unpaired) electrons. The number of carbonyl (C=O) groups is 2. The van der Waals surface area contributed by atoms with E-state index in [2.05, 4.69) is 48.3 Å². The number of carbonyl (C=O) groups excluding carboxylic acids is 1. The second kappa shape index (κ2) is 12.6. The fourth-order valence-corrected chi connectivity index (χ4v) is 5.81. The van der Waals surface area contributed by atoms with Crippen LogP contribution in [0.15, 0.2) is 36.7 Å². The highest BCUT2D eigenvalue weighted by Gasteiger charge is 2.27. The molecule has 1 unspecified atom stereocenters. The number of rotatable bonds is 9. The zero-order chi connectivity index (χ0) is 29.8. The number of pyridine rings is 1. The molecule has 1 saturated heterocycles. The summed E-state index contributed by atoms with van der Waals surface area (Å²) in [6.07, 6.45) is 6.31. The molecule has 1 fully saturated rings. The van der Waals surface area contributed by atoms with Gasteiger partial charge in [-0.1, -0.05) is 13.0 Å². The summed E-state index contributed by atoms with van der Waals surface area (Å²) in [5.41, 5.74) is 3.80. The Kier molecular flexibility index (Phi) is 8.29. The predicted molar refractivity (Wildman–Crippen MR) is 161 cm³/mol. The molecule has 43 heavy (non-hydrogen) atoms. The maximum absolute atomic E-state index is 12.6. The predicted octanol–water partition coefficient (Wildman–Crippen LogP) is 3.59. The van der Waals surface area contributed by atoms with Crippen molar-refractivity contribution in [2.45, 2.75) is 51.0 Å². The SMILES string of the molecule is CCc1c(NCC(NC(=O)Nc2ccc3c(c2)OCO3)C(=O)O)ncnc1N1CCC(c2ccc3c(n2)NCCC3)CC1.